The second kappa shape index (κ2) is 9.33. The SMILES string of the molecule is C=CCNC(=NCC(C)(O)c1cccs1)NCC.I. The average Bonchev–Trinajstić information content (AvgIpc) is 2.87. The summed E-state index contributed by atoms with van der Waals surface area (Å²) in [5.41, 5.74) is -0.926. The van der Waals surface area contributed by atoms with Gasteiger partial charge in [-0.3, -0.25) is 0 Å². The summed E-state index contributed by atoms with van der Waals surface area (Å²) in [5.74, 6) is 0.689. The van der Waals surface area contributed by atoms with Crippen molar-refractivity contribution in [3.05, 3.63) is 35.0 Å². The summed E-state index contributed by atoms with van der Waals surface area (Å²) in [6.45, 7) is 9.18. The van der Waals surface area contributed by atoms with Crippen LogP contribution in [0, 0.1) is 0 Å². The van der Waals surface area contributed by atoms with Gasteiger partial charge in [0.05, 0.1) is 6.54 Å². The Hall–Kier alpha value is -0.600. The van der Waals surface area contributed by atoms with Crippen LogP contribution in [0.3, 0.4) is 0 Å². The van der Waals surface area contributed by atoms with Gasteiger partial charge in [0.25, 0.3) is 0 Å². The highest BCUT2D eigenvalue weighted by molar-refractivity contribution is 14.0. The van der Waals surface area contributed by atoms with Gasteiger partial charge in [-0.15, -0.1) is 41.9 Å². The van der Waals surface area contributed by atoms with Gasteiger partial charge >= 0.3 is 0 Å². The van der Waals surface area contributed by atoms with Crippen LogP contribution >= 0.6 is 35.3 Å². The molecule has 1 unspecified atom stereocenters. The third-order valence-corrected chi connectivity index (χ3v) is 3.48. The topological polar surface area (TPSA) is 56.7 Å². The molecule has 0 aromatic carbocycles. The lowest BCUT2D eigenvalue weighted by atomic mass is 10.1. The lowest BCUT2D eigenvalue weighted by Crippen LogP contribution is -2.38. The normalized spacial score (nSPS) is 14.2. The minimum absolute atomic E-state index is 0. The van der Waals surface area contributed by atoms with Gasteiger partial charge in [0.15, 0.2) is 5.96 Å². The fraction of sp³-hybridized carbons (Fsp3) is 0.462. The minimum atomic E-state index is -0.926. The van der Waals surface area contributed by atoms with Crippen LogP contribution in [0.4, 0.5) is 0 Å². The first kappa shape index (κ1) is 18.4. The van der Waals surface area contributed by atoms with Gasteiger partial charge in [0, 0.05) is 18.0 Å². The molecule has 108 valence electrons. The monoisotopic (exact) mass is 395 g/mol. The van der Waals surface area contributed by atoms with Crippen molar-refractivity contribution in [2.75, 3.05) is 19.6 Å². The lowest BCUT2D eigenvalue weighted by Gasteiger charge is -2.20. The average molecular weight is 395 g/mol. The highest BCUT2D eigenvalue weighted by Crippen LogP contribution is 2.25. The van der Waals surface area contributed by atoms with E-state index in [2.05, 4.69) is 22.2 Å². The molecule has 1 atom stereocenters. The predicted molar refractivity (Wildman–Crippen MR) is 93.5 cm³/mol. The highest BCUT2D eigenvalue weighted by atomic mass is 127. The number of nitrogens with zero attached hydrogens (tertiary/aromatic N) is 1. The van der Waals surface area contributed by atoms with E-state index in [1.807, 2.05) is 24.4 Å². The zero-order valence-corrected chi connectivity index (χ0v) is 14.5. The number of halogens is 1. The van der Waals surface area contributed by atoms with E-state index in [1.54, 1.807) is 13.0 Å². The number of aliphatic imine (C=N–C) groups is 1. The molecule has 6 heteroatoms. The van der Waals surface area contributed by atoms with Crippen LogP contribution in [0.25, 0.3) is 0 Å². The number of nitrogens with one attached hydrogen (secondary N) is 2. The first-order valence-electron chi connectivity index (χ1n) is 5.99. The summed E-state index contributed by atoms with van der Waals surface area (Å²) in [5, 5.41) is 18.5. The Kier molecular flexibility index (Phi) is 9.03. The lowest BCUT2D eigenvalue weighted by molar-refractivity contribution is 0.0711. The summed E-state index contributed by atoms with van der Waals surface area (Å²) in [6.07, 6.45) is 1.77. The molecule has 4 nitrogen and oxygen atoms in total. The quantitative estimate of drug-likeness (QED) is 0.300. The van der Waals surface area contributed by atoms with Crippen LogP contribution in [-0.4, -0.2) is 30.7 Å². The Morgan fingerprint density at radius 3 is 2.84 bits per heavy atom. The van der Waals surface area contributed by atoms with Crippen LogP contribution in [0.5, 0.6) is 0 Å². The van der Waals surface area contributed by atoms with Crippen molar-refractivity contribution in [2.24, 2.45) is 4.99 Å². The van der Waals surface area contributed by atoms with Gasteiger partial charge in [0.2, 0.25) is 0 Å². The van der Waals surface area contributed by atoms with Gasteiger partial charge in [0.1, 0.15) is 5.60 Å². The van der Waals surface area contributed by atoms with Gasteiger partial charge in [-0.1, -0.05) is 12.1 Å². The van der Waals surface area contributed by atoms with Crippen molar-refractivity contribution in [2.45, 2.75) is 19.4 Å². The Balaban J connectivity index is 0.00000324. The van der Waals surface area contributed by atoms with E-state index >= 15 is 0 Å². The van der Waals surface area contributed by atoms with Gasteiger partial charge in [-0.25, -0.2) is 4.99 Å². The van der Waals surface area contributed by atoms with Crippen LogP contribution in [0.2, 0.25) is 0 Å². The molecular weight excluding hydrogens is 373 g/mol. The molecule has 0 saturated heterocycles. The maximum Gasteiger partial charge on any atom is 0.191 e. The molecule has 0 aliphatic carbocycles. The largest absolute Gasteiger partial charge is 0.383 e. The smallest absolute Gasteiger partial charge is 0.191 e. The third kappa shape index (κ3) is 6.40. The van der Waals surface area contributed by atoms with Gasteiger partial charge < -0.3 is 15.7 Å². The molecule has 0 aliphatic heterocycles. The van der Waals surface area contributed by atoms with Gasteiger partial charge in [-0.05, 0) is 25.3 Å². The van der Waals surface area contributed by atoms with E-state index in [0.29, 0.717) is 19.0 Å². The maximum absolute atomic E-state index is 10.3. The molecule has 0 bridgehead atoms. The Morgan fingerprint density at radius 2 is 2.32 bits per heavy atom. The van der Waals surface area contributed by atoms with Crippen LogP contribution in [0.15, 0.2) is 35.2 Å². The third-order valence-electron chi connectivity index (χ3n) is 2.36. The number of hydrogen-bond donors (Lipinski definition) is 3. The first-order chi connectivity index (χ1) is 8.60. The maximum atomic E-state index is 10.3. The molecule has 0 fully saturated rings. The summed E-state index contributed by atoms with van der Waals surface area (Å²) in [7, 11) is 0. The Morgan fingerprint density at radius 1 is 1.58 bits per heavy atom. The van der Waals surface area contributed by atoms with Crippen molar-refractivity contribution in [1.29, 1.82) is 0 Å². The number of aliphatic hydroxyl groups is 1. The van der Waals surface area contributed by atoms with E-state index in [-0.39, 0.29) is 24.0 Å². The molecule has 0 radical (unpaired) electrons. The molecule has 19 heavy (non-hydrogen) atoms. The summed E-state index contributed by atoms with van der Waals surface area (Å²) >= 11 is 1.54. The number of thiophene rings is 1. The van der Waals surface area contributed by atoms with Crippen LogP contribution in [0.1, 0.15) is 18.7 Å². The van der Waals surface area contributed by atoms with E-state index in [4.69, 9.17) is 0 Å². The first-order valence-corrected chi connectivity index (χ1v) is 6.87. The molecule has 1 aromatic rings. The molecule has 3 N–H and O–H groups in total. The fourth-order valence-electron chi connectivity index (χ4n) is 1.41. The zero-order chi connectivity index (χ0) is 13.4. The fourth-order valence-corrected chi connectivity index (χ4v) is 2.19. The molecular formula is C13H22IN3OS. The zero-order valence-electron chi connectivity index (χ0n) is 11.3. The van der Waals surface area contributed by atoms with Crippen LogP contribution in [-0.2, 0) is 5.60 Å². The highest BCUT2D eigenvalue weighted by Gasteiger charge is 2.23. The molecule has 1 heterocycles. The van der Waals surface area contributed by atoms with Crippen LogP contribution < -0.4 is 10.6 Å². The standard InChI is InChI=1S/C13H21N3OS.HI/c1-4-8-15-12(14-5-2)16-10-13(3,17)11-7-6-9-18-11;/h4,6-7,9,17H,1,5,8,10H2,2-3H3,(H2,14,15,16);1H. The van der Waals surface area contributed by atoms with Gasteiger partial charge in [-0.2, -0.15) is 0 Å². The second-order valence-electron chi connectivity index (χ2n) is 4.12. The van der Waals surface area contributed by atoms with Crippen molar-refractivity contribution in [1.82, 2.24) is 10.6 Å². The number of hydrogen-bond acceptors (Lipinski definition) is 3. The van der Waals surface area contributed by atoms with E-state index in [9.17, 15) is 5.11 Å². The molecule has 0 amide bonds. The summed E-state index contributed by atoms with van der Waals surface area (Å²) in [6, 6.07) is 3.85. The Labute approximate surface area is 136 Å². The summed E-state index contributed by atoms with van der Waals surface area (Å²) < 4.78 is 0. The number of rotatable bonds is 6. The van der Waals surface area contributed by atoms with Crippen molar-refractivity contribution >= 4 is 41.3 Å². The molecule has 1 rings (SSSR count). The van der Waals surface area contributed by atoms with Crippen molar-refractivity contribution < 1.29 is 5.11 Å². The molecule has 1 aromatic heterocycles. The second-order valence-corrected chi connectivity index (χ2v) is 5.06. The molecule has 0 aliphatic rings. The van der Waals surface area contributed by atoms with Crippen molar-refractivity contribution in [3.8, 4) is 0 Å². The van der Waals surface area contributed by atoms with E-state index in [0.717, 1.165) is 11.4 Å². The molecule has 0 saturated carbocycles. The Bertz CT molecular complexity index is 391. The summed E-state index contributed by atoms with van der Waals surface area (Å²) in [4.78, 5) is 5.30. The number of guanidine groups is 1. The van der Waals surface area contributed by atoms with E-state index < -0.39 is 5.60 Å². The van der Waals surface area contributed by atoms with Crippen molar-refractivity contribution in [3.63, 3.8) is 0 Å². The molecule has 0 spiro atoms. The van der Waals surface area contributed by atoms with E-state index in [1.165, 1.54) is 11.3 Å². The minimum Gasteiger partial charge on any atom is -0.383 e. The predicted octanol–water partition coefficient (Wildman–Crippen LogP) is 2.31.